The quantitative estimate of drug-likeness (QED) is 0.730. The highest BCUT2D eigenvalue weighted by molar-refractivity contribution is 5.47. The highest BCUT2D eigenvalue weighted by Gasteiger charge is 2.26. The second-order valence-electron chi connectivity index (χ2n) is 9.21. The number of piperazine rings is 3. The first-order valence-electron chi connectivity index (χ1n) is 11.7. The Balaban J connectivity index is 1.54. The van der Waals surface area contributed by atoms with Gasteiger partial charge in [0.2, 0.25) is 17.8 Å². The molecule has 0 bridgehead atoms. The van der Waals surface area contributed by atoms with Gasteiger partial charge in [0.25, 0.3) is 0 Å². The molecular formula is C21H39N9. The van der Waals surface area contributed by atoms with Crippen LogP contribution in [0.15, 0.2) is 0 Å². The summed E-state index contributed by atoms with van der Waals surface area (Å²) >= 11 is 0. The van der Waals surface area contributed by atoms with Gasteiger partial charge < -0.3 is 20.0 Å². The predicted molar refractivity (Wildman–Crippen MR) is 123 cm³/mol. The first-order chi connectivity index (χ1) is 14.5. The van der Waals surface area contributed by atoms with Crippen molar-refractivity contribution in [3.05, 3.63) is 0 Å². The van der Waals surface area contributed by atoms with E-state index in [-0.39, 0.29) is 0 Å². The zero-order valence-electron chi connectivity index (χ0n) is 19.2. The van der Waals surface area contributed by atoms with E-state index in [1.807, 2.05) is 0 Å². The van der Waals surface area contributed by atoms with Crippen molar-refractivity contribution in [1.29, 1.82) is 0 Å². The third-order valence-electron chi connectivity index (χ3n) is 6.65. The van der Waals surface area contributed by atoms with Crippen LogP contribution in [0, 0.1) is 0 Å². The predicted octanol–water partition coefficient (Wildman–Crippen LogP) is 0.342. The monoisotopic (exact) mass is 417 g/mol. The molecule has 0 spiro atoms. The Hall–Kier alpha value is -1.71. The van der Waals surface area contributed by atoms with Gasteiger partial charge in [0.1, 0.15) is 0 Å². The normalized spacial score (nSPS) is 22.4. The van der Waals surface area contributed by atoms with Crippen molar-refractivity contribution in [1.82, 2.24) is 30.1 Å². The fraction of sp³-hybridized carbons (Fsp3) is 0.857. The number of anilines is 3. The summed E-state index contributed by atoms with van der Waals surface area (Å²) < 4.78 is 0. The highest BCUT2D eigenvalue weighted by Crippen LogP contribution is 2.22. The molecule has 0 radical (unpaired) electrons. The van der Waals surface area contributed by atoms with Crippen LogP contribution in [-0.4, -0.2) is 115 Å². The molecule has 1 aromatic rings. The molecule has 9 nitrogen and oxygen atoms in total. The van der Waals surface area contributed by atoms with Crippen LogP contribution in [0.1, 0.15) is 27.7 Å². The van der Waals surface area contributed by atoms with Gasteiger partial charge in [-0.2, -0.15) is 15.0 Å². The highest BCUT2D eigenvalue weighted by atomic mass is 15.4. The minimum absolute atomic E-state index is 0.592. The summed E-state index contributed by atoms with van der Waals surface area (Å²) in [6.07, 6.45) is 0. The van der Waals surface area contributed by atoms with E-state index in [2.05, 4.69) is 57.5 Å². The molecule has 4 rings (SSSR count). The Morgan fingerprint density at radius 3 is 1.20 bits per heavy atom. The lowest BCUT2D eigenvalue weighted by molar-refractivity contribution is 0.207. The average Bonchev–Trinajstić information content (AvgIpc) is 2.79. The number of hydrogen-bond acceptors (Lipinski definition) is 9. The van der Waals surface area contributed by atoms with E-state index in [1.54, 1.807) is 0 Å². The third kappa shape index (κ3) is 4.95. The molecule has 3 saturated heterocycles. The molecule has 9 heteroatoms. The van der Waals surface area contributed by atoms with Crippen molar-refractivity contribution < 1.29 is 0 Å². The summed E-state index contributed by atoms with van der Waals surface area (Å²) in [6.45, 7) is 21.1. The molecule has 0 saturated carbocycles. The first-order valence-corrected chi connectivity index (χ1v) is 11.7. The van der Waals surface area contributed by atoms with Gasteiger partial charge in [-0.1, -0.05) is 0 Å². The Bertz CT molecular complexity index is 627. The number of hydrogen-bond donors (Lipinski definition) is 1. The second kappa shape index (κ2) is 9.62. The SMILES string of the molecule is CC(C)N1CCN(c2nc(N3CCNCC3)nc(N3CCN(C(C)C)CC3)n2)CC1. The molecule has 3 aliphatic rings. The van der Waals surface area contributed by atoms with Gasteiger partial charge in [-0.3, -0.25) is 9.80 Å². The van der Waals surface area contributed by atoms with Gasteiger partial charge in [0.15, 0.2) is 0 Å². The molecule has 0 atom stereocenters. The topological polar surface area (TPSA) is 66.9 Å². The van der Waals surface area contributed by atoms with Gasteiger partial charge in [-0.05, 0) is 27.7 Å². The standard InChI is InChI=1S/C21H39N9/c1-17(2)26-9-13-29(14-10-26)20-23-19(28-7-5-22-6-8-28)24-21(25-20)30-15-11-27(12-16-30)18(3)4/h17-18,22H,5-16H2,1-4H3. The van der Waals surface area contributed by atoms with Gasteiger partial charge in [-0.25, -0.2) is 0 Å². The lowest BCUT2D eigenvalue weighted by atomic mass is 10.2. The van der Waals surface area contributed by atoms with E-state index in [0.29, 0.717) is 12.1 Å². The van der Waals surface area contributed by atoms with Crippen LogP contribution in [0.3, 0.4) is 0 Å². The summed E-state index contributed by atoms with van der Waals surface area (Å²) in [6, 6.07) is 1.18. The van der Waals surface area contributed by atoms with Crippen LogP contribution in [-0.2, 0) is 0 Å². The maximum Gasteiger partial charge on any atom is 0.232 e. The lowest BCUT2D eigenvalue weighted by Crippen LogP contribution is -2.51. The van der Waals surface area contributed by atoms with Gasteiger partial charge in [0.05, 0.1) is 0 Å². The summed E-state index contributed by atoms with van der Waals surface area (Å²) in [7, 11) is 0. The smallest absolute Gasteiger partial charge is 0.232 e. The van der Waals surface area contributed by atoms with Crippen molar-refractivity contribution >= 4 is 17.8 Å². The van der Waals surface area contributed by atoms with Crippen LogP contribution in [0.25, 0.3) is 0 Å². The van der Waals surface area contributed by atoms with Crippen LogP contribution < -0.4 is 20.0 Å². The zero-order valence-corrected chi connectivity index (χ0v) is 19.2. The van der Waals surface area contributed by atoms with E-state index in [9.17, 15) is 0 Å². The van der Waals surface area contributed by atoms with Crippen molar-refractivity contribution in [3.63, 3.8) is 0 Å². The van der Waals surface area contributed by atoms with E-state index >= 15 is 0 Å². The molecule has 30 heavy (non-hydrogen) atoms. The fourth-order valence-electron chi connectivity index (χ4n) is 4.51. The summed E-state index contributed by atoms with van der Waals surface area (Å²) in [5.74, 6) is 2.54. The lowest BCUT2D eigenvalue weighted by Gasteiger charge is -2.39. The Morgan fingerprint density at radius 1 is 0.533 bits per heavy atom. The van der Waals surface area contributed by atoms with E-state index in [0.717, 1.165) is 96.4 Å². The van der Waals surface area contributed by atoms with Crippen LogP contribution in [0.5, 0.6) is 0 Å². The molecule has 1 aromatic heterocycles. The van der Waals surface area contributed by atoms with Crippen molar-refractivity contribution in [2.45, 2.75) is 39.8 Å². The first kappa shape index (κ1) is 21.5. The van der Waals surface area contributed by atoms with E-state index < -0.39 is 0 Å². The van der Waals surface area contributed by atoms with Crippen molar-refractivity contribution in [2.75, 3.05) is 93.2 Å². The maximum absolute atomic E-state index is 4.97. The fourth-order valence-corrected chi connectivity index (χ4v) is 4.51. The molecule has 1 N–H and O–H groups in total. The Labute approximate surface area is 181 Å². The number of nitrogens with one attached hydrogen (secondary N) is 1. The largest absolute Gasteiger partial charge is 0.338 e. The summed E-state index contributed by atoms with van der Waals surface area (Å²) in [5.41, 5.74) is 0. The summed E-state index contributed by atoms with van der Waals surface area (Å²) in [4.78, 5) is 26.9. The number of rotatable bonds is 5. The van der Waals surface area contributed by atoms with Crippen molar-refractivity contribution in [3.8, 4) is 0 Å². The third-order valence-corrected chi connectivity index (χ3v) is 6.65. The van der Waals surface area contributed by atoms with Crippen molar-refractivity contribution in [2.24, 2.45) is 0 Å². The molecule has 168 valence electrons. The van der Waals surface area contributed by atoms with Crippen LogP contribution >= 0.6 is 0 Å². The molecule has 0 aromatic carbocycles. The molecule has 0 amide bonds. The van der Waals surface area contributed by atoms with E-state index in [1.165, 1.54) is 0 Å². The van der Waals surface area contributed by atoms with Gasteiger partial charge in [-0.15, -0.1) is 0 Å². The molecule has 3 aliphatic heterocycles. The summed E-state index contributed by atoms with van der Waals surface area (Å²) in [5, 5.41) is 3.43. The second-order valence-corrected chi connectivity index (χ2v) is 9.21. The van der Waals surface area contributed by atoms with Crippen LogP contribution in [0.4, 0.5) is 17.8 Å². The average molecular weight is 418 g/mol. The Morgan fingerprint density at radius 2 is 0.867 bits per heavy atom. The molecule has 3 fully saturated rings. The zero-order chi connectivity index (χ0) is 21.1. The minimum atomic E-state index is 0.592. The molecule has 0 aliphatic carbocycles. The molecule has 4 heterocycles. The molecular weight excluding hydrogens is 378 g/mol. The van der Waals surface area contributed by atoms with Gasteiger partial charge in [0, 0.05) is 90.6 Å². The van der Waals surface area contributed by atoms with E-state index in [4.69, 9.17) is 15.0 Å². The Kier molecular flexibility index (Phi) is 6.90. The van der Waals surface area contributed by atoms with Crippen LogP contribution in [0.2, 0.25) is 0 Å². The van der Waals surface area contributed by atoms with Gasteiger partial charge >= 0.3 is 0 Å². The maximum atomic E-state index is 4.97. The number of aromatic nitrogens is 3. The minimum Gasteiger partial charge on any atom is -0.338 e. The number of nitrogens with zero attached hydrogens (tertiary/aromatic N) is 8. The molecule has 0 unspecified atom stereocenters.